The van der Waals surface area contributed by atoms with E-state index in [2.05, 4.69) is 42.8 Å². The molecule has 1 aliphatic heterocycles. The maximum Gasteiger partial charge on any atom is 0.338 e. The van der Waals surface area contributed by atoms with E-state index in [1.165, 1.54) is 11.3 Å². The van der Waals surface area contributed by atoms with Crippen LogP contribution in [0.15, 0.2) is 66.4 Å². The number of carbonyl (C=O) groups is 1. The molecule has 202 valence electrons. The number of nitrogens with zero attached hydrogens (tertiary/aromatic N) is 2. The zero-order valence-electron chi connectivity index (χ0n) is 21.8. The first-order valence-corrected chi connectivity index (χ1v) is 14.6. The van der Waals surface area contributed by atoms with Crippen LogP contribution in [0.4, 0.5) is 0 Å². The quantitative estimate of drug-likeness (QED) is 0.245. The minimum absolute atomic E-state index is 0.109. The van der Waals surface area contributed by atoms with Gasteiger partial charge in [-0.25, -0.2) is 9.79 Å². The van der Waals surface area contributed by atoms with Crippen molar-refractivity contribution >= 4 is 55.2 Å². The number of para-hydroxylation sites is 1. The van der Waals surface area contributed by atoms with Crippen LogP contribution in [0.5, 0.6) is 11.5 Å². The molecule has 0 N–H and O–H groups in total. The summed E-state index contributed by atoms with van der Waals surface area (Å²) >= 11 is 8.28. The molecule has 39 heavy (non-hydrogen) atoms. The van der Waals surface area contributed by atoms with Gasteiger partial charge in [0.2, 0.25) is 0 Å². The van der Waals surface area contributed by atoms with E-state index < -0.39 is 12.0 Å². The number of aromatic nitrogens is 1. The molecule has 2 heterocycles. The van der Waals surface area contributed by atoms with Crippen molar-refractivity contribution in [3.05, 3.63) is 87.4 Å². The van der Waals surface area contributed by atoms with Crippen LogP contribution in [-0.2, 0) is 9.53 Å². The van der Waals surface area contributed by atoms with Gasteiger partial charge in [-0.1, -0.05) is 35.5 Å². The number of allylic oxidation sites excluding steroid dienone is 1. The Hall–Kier alpha value is -3.13. The van der Waals surface area contributed by atoms with Crippen molar-refractivity contribution in [2.75, 3.05) is 13.2 Å². The second-order valence-corrected chi connectivity index (χ2v) is 11.5. The first-order valence-electron chi connectivity index (χ1n) is 12.2. The lowest BCUT2D eigenvalue weighted by Gasteiger charge is -2.26. The largest absolute Gasteiger partial charge is 0.491 e. The van der Waals surface area contributed by atoms with E-state index >= 15 is 0 Å². The molecule has 10 heteroatoms. The number of hydrogen-bond acceptors (Lipinski definition) is 7. The molecular formula is C29H26Br2N2O5S. The first-order chi connectivity index (χ1) is 18.7. The summed E-state index contributed by atoms with van der Waals surface area (Å²) in [6.07, 6.45) is 6.99. The highest BCUT2D eigenvalue weighted by atomic mass is 79.9. The maximum absolute atomic E-state index is 13.9. The number of terminal acetylenes is 1. The van der Waals surface area contributed by atoms with Gasteiger partial charge >= 0.3 is 5.97 Å². The summed E-state index contributed by atoms with van der Waals surface area (Å²) in [5, 5.41) is 0. The fourth-order valence-corrected chi connectivity index (χ4v) is 6.72. The third kappa shape index (κ3) is 6.06. The van der Waals surface area contributed by atoms with E-state index in [4.69, 9.17) is 20.6 Å². The summed E-state index contributed by atoms with van der Waals surface area (Å²) < 4.78 is 20.4. The highest BCUT2D eigenvalue weighted by Crippen LogP contribution is 2.37. The first kappa shape index (κ1) is 28.9. The van der Waals surface area contributed by atoms with Crippen LogP contribution in [0.3, 0.4) is 0 Å². The molecule has 0 radical (unpaired) electrons. The molecule has 2 aromatic carbocycles. The summed E-state index contributed by atoms with van der Waals surface area (Å²) in [6, 6.07) is 10.3. The van der Waals surface area contributed by atoms with Gasteiger partial charge in [-0.2, -0.15) is 0 Å². The third-order valence-electron chi connectivity index (χ3n) is 5.71. The van der Waals surface area contributed by atoms with Crippen LogP contribution in [0.1, 0.15) is 44.9 Å². The standard InChI is InChI=1S/C29H26Br2N2O5S/c1-6-12-37-26-20(30)13-18(14-21(26)31)15-23-27(34)33-25(19-10-8-9-11-22(19)38-16(3)4)24(28(35)36-7-2)17(5)32-29(33)39-23/h1,8-11,13-16,25H,7,12H2,2-5H3/b23-15+/t25-/m1/s1. The molecule has 0 saturated heterocycles. The molecule has 1 aromatic heterocycles. The van der Waals surface area contributed by atoms with Gasteiger partial charge in [-0.15, -0.1) is 6.42 Å². The van der Waals surface area contributed by atoms with Crippen molar-refractivity contribution in [2.24, 2.45) is 4.99 Å². The van der Waals surface area contributed by atoms with Gasteiger partial charge in [0.05, 0.1) is 37.5 Å². The van der Waals surface area contributed by atoms with Crippen molar-refractivity contribution in [3.8, 4) is 23.8 Å². The molecule has 3 aromatic rings. The van der Waals surface area contributed by atoms with E-state index in [1.54, 1.807) is 24.5 Å². The van der Waals surface area contributed by atoms with Gasteiger partial charge in [0.25, 0.3) is 5.56 Å². The monoisotopic (exact) mass is 672 g/mol. The molecule has 4 rings (SSSR count). The minimum Gasteiger partial charge on any atom is -0.491 e. The Morgan fingerprint density at radius 3 is 2.59 bits per heavy atom. The third-order valence-corrected chi connectivity index (χ3v) is 7.87. The zero-order valence-corrected chi connectivity index (χ0v) is 25.8. The number of thiazole rings is 1. The second-order valence-electron chi connectivity index (χ2n) is 8.81. The van der Waals surface area contributed by atoms with Crippen LogP contribution >= 0.6 is 43.2 Å². The number of fused-ring (bicyclic) bond motifs is 1. The Labute approximate surface area is 247 Å². The number of benzene rings is 2. The molecule has 0 fully saturated rings. The van der Waals surface area contributed by atoms with Gasteiger partial charge in [0.1, 0.15) is 24.1 Å². The van der Waals surface area contributed by atoms with E-state index in [9.17, 15) is 9.59 Å². The van der Waals surface area contributed by atoms with Crippen molar-refractivity contribution in [1.82, 2.24) is 4.57 Å². The molecular weight excluding hydrogens is 648 g/mol. The average Bonchev–Trinajstić information content (AvgIpc) is 3.17. The van der Waals surface area contributed by atoms with Crippen LogP contribution in [0, 0.1) is 12.3 Å². The highest BCUT2D eigenvalue weighted by molar-refractivity contribution is 9.11. The molecule has 1 aliphatic rings. The molecule has 0 amide bonds. The highest BCUT2D eigenvalue weighted by Gasteiger charge is 2.35. The molecule has 0 aliphatic carbocycles. The summed E-state index contributed by atoms with van der Waals surface area (Å²) in [4.78, 5) is 32.3. The van der Waals surface area contributed by atoms with Crippen LogP contribution in [0.2, 0.25) is 0 Å². The number of esters is 1. The summed E-state index contributed by atoms with van der Waals surface area (Å²) in [6.45, 7) is 7.67. The molecule has 1 atom stereocenters. The van der Waals surface area contributed by atoms with E-state index in [1.807, 2.05) is 50.2 Å². The zero-order chi connectivity index (χ0) is 28.3. The average molecular weight is 674 g/mol. The Balaban J connectivity index is 1.93. The smallest absolute Gasteiger partial charge is 0.338 e. The van der Waals surface area contributed by atoms with E-state index in [0.29, 0.717) is 46.6 Å². The lowest BCUT2D eigenvalue weighted by Crippen LogP contribution is -2.40. The maximum atomic E-state index is 13.9. The van der Waals surface area contributed by atoms with E-state index in [0.717, 1.165) is 5.56 Å². The normalized spacial score (nSPS) is 15.0. The summed E-state index contributed by atoms with van der Waals surface area (Å²) in [5.74, 6) is 3.08. The van der Waals surface area contributed by atoms with Crippen molar-refractivity contribution in [3.63, 3.8) is 0 Å². The summed E-state index contributed by atoms with van der Waals surface area (Å²) in [5.41, 5.74) is 1.95. The van der Waals surface area contributed by atoms with Gasteiger partial charge in [0.15, 0.2) is 4.80 Å². The summed E-state index contributed by atoms with van der Waals surface area (Å²) in [7, 11) is 0. The van der Waals surface area contributed by atoms with Crippen LogP contribution < -0.4 is 24.4 Å². The molecule has 7 nitrogen and oxygen atoms in total. The van der Waals surface area contributed by atoms with Gasteiger partial charge < -0.3 is 14.2 Å². The Kier molecular flexibility index (Phi) is 9.15. The fourth-order valence-electron chi connectivity index (χ4n) is 4.22. The Morgan fingerprint density at radius 2 is 1.95 bits per heavy atom. The van der Waals surface area contributed by atoms with Crippen molar-refractivity contribution < 1.29 is 19.0 Å². The van der Waals surface area contributed by atoms with Crippen molar-refractivity contribution in [2.45, 2.75) is 39.8 Å². The van der Waals surface area contributed by atoms with E-state index in [-0.39, 0.29) is 24.9 Å². The fraction of sp³-hybridized carbons (Fsp3) is 0.276. The molecule has 0 spiro atoms. The van der Waals surface area contributed by atoms with Crippen LogP contribution in [-0.4, -0.2) is 29.9 Å². The lowest BCUT2D eigenvalue weighted by atomic mass is 9.95. The molecule has 0 unspecified atom stereocenters. The Bertz CT molecular complexity index is 1660. The topological polar surface area (TPSA) is 79.1 Å². The number of carbonyl (C=O) groups excluding carboxylic acids is 1. The lowest BCUT2D eigenvalue weighted by molar-refractivity contribution is -0.139. The van der Waals surface area contributed by atoms with Gasteiger partial charge in [0, 0.05) is 5.56 Å². The van der Waals surface area contributed by atoms with Gasteiger partial charge in [-0.3, -0.25) is 9.36 Å². The number of halogens is 2. The van der Waals surface area contributed by atoms with Crippen molar-refractivity contribution in [1.29, 1.82) is 0 Å². The molecule has 0 bridgehead atoms. The minimum atomic E-state index is -0.768. The number of hydrogen-bond donors (Lipinski definition) is 0. The number of ether oxygens (including phenoxy) is 3. The molecule has 0 saturated carbocycles. The predicted molar refractivity (Wildman–Crippen MR) is 159 cm³/mol. The van der Waals surface area contributed by atoms with Gasteiger partial charge in [-0.05, 0) is 89.4 Å². The second kappa shape index (κ2) is 12.4. The predicted octanol–water partition coefficient (Wildman–Crippen LogP) is 5.12. The van der Waals surface area contributed by atoms with Crippen LogP contribution in [0.25, 0.3) is 6.08 Å². The SMILES string of the molecule is C#CCOc1c(Br)cc(/C=c2/sc3n(c2=O)[C@H](c2ccccc2OC(C)C)C(C(=O)OCC)=C(C)N=3)cc1Br. The Morgan fingerprint density at radius 1 is 1.26 bits per heavy atom. The number of rotatable bonds is 8.